The van der Waals surface area contributed by atoms with E-state index < -0.39 is 12.1 Å². The maximum atomic E-state index is 12.2. The summed E-state index contributed by atoms with van der Waals surface area (Å²) in [6, 6.07) is 6.62. The van der Waals surface area contributed by atoms with Crippen molar-refractivity contribution in [1.29, 1.82) is 0 Å². The molecule has 0 radical (unpaired) electrons. The van der Waals surface area contributed by atoms with Crippen LogP contribution in [0.25, 0.3) is 0 Å². The van der Waals surface area contributed by atoms with Crippen LogP contribution in [-0.4, -0.2) is 60.2 Å². The number of amides is 3. The Morgan fingerprint density at radius 2 is 1.67 bits per heavy atom. The second-order valence-corrected chi connectivity index (χ2v) is 5.78. The first kappa shape index (κ1) is 17.7. The third-order valence-electron chi connectivity index (χ3n) is 3.74. The van der Waals surface area contributed by atoms with Gasteiger partial charge in [0.05, 0.1) is 11.1 Å². The lowest BCUT2D eigenvalue weighted by molar-refractivity contribution is -0.158. The van der Waals surface area contributed by atoms with E-state index in [9.17, 15) is 19.2 Å². The highest BCUT2D eigenvalue weighted by atomic mass is 16.5. The van der Waals surface area contributed by atoms with Crippen LogP contribution in [0.15, 0.2) is 24.3 Å². The fourth-order valence-corrected chi connectivity index (χ4v) is 2.49. The van der Waals surface area contributed by atoms with Crippen molar-refractivity contribution in [2.24, 2.45) is 0 Å². The smallest absolute Gasteiger partial charge is 0.306 e. The lowest BCUT2D eigenvalue weighted by Crippen LogP contribution is -2.35. The van der Waals surface area contributed by atoms with Crippen LogP contribution in [0.4, 0.5) is 0 Å². The molecule has 0 fully saturated rings. The van der Waals surface area contributed by atoms with Crippen molar-refractivity contribution in [2.75, 3.05) is 20.6 Å². The van der Waals surface area contributed by atoms with Crippen LogP contribution in [0.3, 0.4) is 0 Å². The topological polar surface area (TPSA) is 84.0 Å². The fourth-order valence-electron chi connectivity index (χ4n) is 2.49. The minimum absolute atomic E-state index is 0.0262. The van der Waals surface area contributed by atoms with E-state index >= 15 is 0 Å². The van der Waals surface area contributed by atoms with Crippen LogP contribution < -0.4 is 0 Å². The largest absolute Gasteiger partial charge is 0.453 e. The Labute approximate surface area is 140 Å². The molecule has 0 N–H and O–H groups in total. The molecule has 24 heavy (non-hydrogen) atoms. The molecule has 0 spiro atoms. The average Bonchev–Trinajstić information content (AvgIpc) is 2.79. The Kier molecular flexibility index (Phi) is 5.33. The summed E-state index contributed by atoms with van der Waals surface area (Å²) in [4.78, 5) is 50.2. The summed E-state index contributed by atoms with van der Waals surface area (Å²) in [6.45, 7) is 1.64. The summed E-state index contributed by atoms with van der Waals surface area (Å²) >= 11 is 0. The van der Waals surface area contributed by atoms with Gasteiger partial charge in [-0.15, -0.1) is 0 Å². The van der Waals surface area contributed by atoms with Gasteiger partial charge in [0.15, 0.2) is 6.10 Å². The molecule has 1 aromatic rings. The molecule has 0 unspecified atom stereocenters. The molecule has 1 heterocycles. The first-order valence-electron chi connectivity index (χ1n) is 7.68. The van der Waals surface area contributed by atoms with E-state index in [1.807, 2.05) is 0 Å². The van der Waals surface area contributed by atoms with Gasteiger partial charge in [-0.25, -0.2) is 0 Å². The standard InChI is InChI=1S/C17H20N2O5/c1-11(15(21)18(2)3)24-14(20)9-6-10-19-16(22)12-7-4-5-8-13(12)17(19)23/h4-5,7-8,11H,6,9-10H2,1-3H3/t11-/m1/s1. The average molecular weight is 332 g/mol. The first-order chi connectivity index (χ1) is 11.3. The van der Waals surface area contributed by atoms with Crippen LogP contribution in [0.1, 0.15) is 40.5 Å². The maximum Gasteiger partial charge on any atom is 0.306 e. The molecule has 7 nitrogen and oxygen atoms in total. The highest BCUT2D eigenvalue weighted by Gasteiger charge is 2.34. The Bertz CT molecular complexity index is 648. The quantitative estimate of drug-likeness (QED) is 0.575. The molecule has 1 aromatic carbocycles. The number of carbonyl (C=O) groups is 4. The predicted octanol–water partition coefficient (Wildman–Crippen LogP) is 1.08. The Balaban J connectivity index is 1.83. The van der Waals surface area contributed by atoms with E-state index in [1.54, 1.807) is 38.4 Å². The van der Waals surface area contributed by atoms with E-state index in [-0.39, 0.29) is 37.1 Å². The summed E-state index contributed by atoms with van der Waals surface area (Å²) in [7, 11) is 3.16. The Morgan fingerprint density at radius 3 is 2.17 bits per heavy atom. The van der Waals surface area contributed by atoms with Gasteiger partial charge in [-0.1, -0.05) is 12.1 Å². The van der Waals surface area contributed by atoms with Gasteiger partial charge in [-0.05, 0) is 25.5 Å². The third kappa shape index (κ3) is 3.61. The summed E-state index contributed by atoms with van der Waals surface area (Å²) in [5.41, 5.74) is 0.769. The maximum absolute atomic E-state index is 12.2. The van der Waals surface area contributed by atoms with Gasteiger partial charge < -0.3 is 9.64 Å². The van der Waals surface area contributed by atoms with Gasteiger partial charge in [-0.2, -0.15) is 0 Å². The number of hydrogen-bond donors (Lipinski definition) is 0. The second-order valence-electron chi connectivity index (χ2n) is 5.78. The molecule has 2 rings (SSSR count). The molecule has 1 atom stereocenters. The lowest BCUT2D eigenvalue weighted by Gasteiger charge is -2.17. The molecule has 0 aliphatic carbocycles. The second kappa shape index (κ2) is 7.25. The summed E-state index contributed by atoms with van der Waals surface area (Å²) < 4.78 is 5.04. The molecule has 3 amide bonds. The van der Waals surface area contributed by atoms with Crippen LogP contribution in [-0.2, 0) is 14.3 Å². The number of carbonyl (C=O) groups excluding carboxylic acids is 4. The zero-order chi connectivity index (χ0) is 17.9. The molecule has 0 saturated heterocycles. The lowest BCUT2D eigenvalue weighted by atomic mass is 10.1. The summed E-state index contributed by atoms with van der Waals surface area (Å²) in [5, 5.41) is 0. The molecule has 0 saturated carbocycles. The molecule has 1 aliphatic heterocycles. The van der Waals surface area contributed by atoms with E-state index in [1.165, 1.54) is 11.8 Å². The summed E-state index contributed by atoms with van der Waals surface area (Å²) in [6.07, 6.45) is -0.544. The van der Waals surface area contributed by atoms with E-state index in [2.05, 4.69) is 0 Å². The number of imide groups is 1. The van der Waals surface area contributed by atoms with Crippen LogP contribution in [0.2, 0.25) is 0 Å². The highest BCUT2D eigenvalue weighted by Crippen LogP contribution is 2.22. The van der Waals surface area contributed by atoms with Crippen molar-refractivity contribution in [2.45, 2.75) is 25.9 Å². The minimum atomic E-state index is -0.855. The number of likely N-dealkylation sites (N-methyl/N-ethyl adjacent to an activating group) is 1. The number of nitrogens with zero attached hydrogens (tertiary/aromatic N) is 2. The van der Waals surface area contributed by atoms with Crippen molar-refractivity contribution in [1.82, 2.24) is 9.80 Å². The first-order valence-corrected chi connectivity index (χ1v) is 7.68. The number of ether oxygens (including phenoxy) is 1. The van der Waals surface area contributed by atoms with Crippen LogP contribution in [0.5, 0.6) is 0 Å². The van der Waals surface area contributed by atoms with Crippen LogP contribution >= 0.6 is 0 Å². The SMILES string of the molecule is C[C@@H](OC(=O)CCCN1C(=O)c2ccccc2C1=O)C(=O)N(C)C. The highest BCUT2D eigenvalue weighted by molar-refractivity contribution is 6.21. The number of esters is 1. The van der Waals surface area contributed by atoms with Gasteiger partial charge >= 0.3 is 5.97 Å². The van der Waals surface area contributed by atoms with E-state index in [0.29, 0.717) is 11.1 Å². The van der Waals surface area contributed by atoms with Crippen molar-refractivity contribution in [3.63, 3.8) is 0 Å². The Morgan fingerprint density at radius 1 is 1.12 bits per heavy atom. The zero-order valence-electron chi connectivity index (χ0n) is 13.9. The minimum Gasteiger partial charge on any atom is -0.453 e. The van der Waals surface area contributed by atoms with Crippen LogP contribution in [0, 0.1) is 0 Å². The van der Waals surface area contributed by atoms with Gasteiger partial charge in [0, 0.05) is 27.1 Å². The monoisotopic (exact) mass is 332 g/mol. The van der Waals surface area contributed by atoms with Crippen molar-refractivity contribution in [3.05, 3.63) is 35.4 Å². The van der Waals surface area contributed by atoms with Crippen molar-refractivity contribution < 1.29 is 23.9 Å². The molecule has 0 bridgehead atoms. The molecule has 128 valence electrons. The zero-order valence-corrected chi connectivity index (χ0v) is 13.9. The van der Waals surface area contributed by atoms with E-state index in [4.69, 9.17) is 4.74 Å². The third-order valence-corrected chi connectivity index (χ3v) is 3.74. The number of benzene rings is 1. The van der Waals surface area contributed by atoms with Gasteiger partial charge in [-0.3, -0.25) is 24.1 Å². The van der Waals surface area contributed by atoms with E-state index in [0.717, 1.165) is 4.90 Å². The number of rotatable bonds is 6. The molecular formula is C17H20N2O5. The number of hydrogen-bond acceptors (Lipinski definition) is 5. The van der Waals surface area contributed by atoms with Crippen molar-refractivity contribution in [3.8, 4) is 0 Å². The summed E-state index contributed by atoms with van der Waals surface area (Å²) in [5.74, 6) is -1.53. The predicted molar refractivity (Wildman–Crippen MR) is 85.3 cm³/mol. The van der Waals surface area contributed by atoms with Gasteiger partial charge in [0.2, 0.25) is 0 Å². The fraction of sp³-hybridized carbons (Fsp3) is 0.412. The molecule has 0 aromatic heterocycles. The molecular weight excluding hydrogens is 312 g/mol. The Hall–Kier alpha value is -2.70. The normalized spacial score (nSPS) is 14.4. The number of fused-ring (bicyclic) bond motifs is 1. The van der Waals surface area contributed by atoms with Crippen molar-refractivity contribution >= 4 is 23.7 Å². The molecule has 1 aliphatic rings. The molecule has 7 heteroatoms. The van der Waals surface area contributed by atoms with Gasteiger partial charge in [0.1, 0.15) is 0 Å². The van der Waals surface area contributed by atoms with Gasteiger partial charge in [0.25, 0.3) is 17.7 Å².